The Kier molecular flexibility index (Phi) is 5.75. The van der Waals surface area contributed by atoms with Crippen LogP contribution in [0.1, 0.15) is 22.3 Å². The second-order valence-corrected chi connectivity index (χ2v) is 7.54. The molecule has 156 valence electrons. The Morgan fingerprint density at radius 2 is 1.32 bits per heavy atom. The van der Waals surface area contributed by atoms with Gasteiger partial charge in [0.2, 0.25) is 0 Å². The number of nitrogens with one attached hydrogen (secondary N) is 2. The monoisotopic (exact) mass is 413 g/mol. The minimum Gasteiger partial charge on any atom is -0.363 e. The van der Waals surface area contributed by atoms with Crippen molar-refractivity contribution >= 4 is 28.4 Å². The minimum atomic E-state index is -0.426. The first-order chi connectivity index (χ1) is 15.0. The molecule has 1 aromatic heterocycles. The molecule has 4 aromatic rings. The van der Waals surface area contributed by atoms with E-state index in [0.29, 0.717) is 35.8 Å². The number of nitro benzene ring substituents is 1. The fourth-order valence-electron chi connectivity index (χ4n) is 3.42. The Balaban J connectivity index is 1.66. The van der Waals surface area contributed by atoms with E-state index in [9.17, 15) is 10.1 Å². The largest absolute Gasteiger partial charge is 0.363 e. The van der Waals surface area contributed by atoms with E-state index < -0.39 is 4.92 Å². The van der Waals surface area contributed by atoms with Gasteiger partial charge in [-0.05, 0) is 31.0 Å². The molecule has 0 fully saturated rings. The smallest absolute Gasteiger partial charge is 0.271 e. The molecule has 0 saturated carbocycles. The molecule has 0 saturated heterocycles. The number of nitrogens with zero attached hydrogens (tertiary/aromatic N) is 3. The summed E-state index contributed by atoms with van der Waals surface area (Å²) in [5.74, 6) is 1.16. The first-order valence-corrected chi connectivity index (χ1v) is 10.0. The van der Waals surface area contributed by atoms with Crippen LogP contribution in [0.2, 0.25) is 0 Å². The molecule has 3 aromatic carbocycles. The third-order valence-electron chi connectivity index (χ3n) is 4.94. The van der Waals surface area contributed by atoms with Gasteiger partial charge < -0.3 is 10.6 Å². The van der Waals surface area contributed by atoms with Crippen LogP contribution in [0, 0.1) is 24.0 Å². The molecule has 0 amide bonds. The zero-order valence-corrected chi connectivity index (χ0v) is 17.4. The lowest BCUT2D eigenvalue weighted by atomic mass is 10.1. The summed E-state index contributed by atoms with van der Waals surface area (Å²) in [7, 11) is 0. The highest BCUT2D eigenvalue weighted by Gasteiger charge is 2.13. The number of benzene rings is 3. The lowest BCUT2D eigenvalue weighted by Gasteiger charge is -2.14. The number of anilines is 2. The average molecular weight is 413 g/mol. The van der Waals surface area contributed by atoms with Crippen molar-refractivity contribution in [2.24, 2.45) is 0 Å². The summed E-state index contributed by atoms with van der Waals surface area (Å²) >= 11 is 0. The number of aryl methyl sites for hydroxylation is 2. The first kappa shape index (κ1) is 20.3. The highest BCUT2D eigenvalue weighted by molar-refractivity contribution is 5.82. The minimum absolute atomic E-state index is 0.00750. The molecule has 0 bridgehead atoms. The van der Waals surface area contributed by atoms with E-state index in [0.717, 1.165) is 11.1 Å². The highest BCUT2D eigenvalue weighted by atomic mass is 16.6. The molecular weight excluding hydrogens is 390 g/mol. The lowest BCUT2D eigenvalue weighted by Crippen LogP contribution is -2.09. The first-order valence-electron chi connectivity index (χ1n) is 10.0. The summed E-state index contributed by atoms with van der Waals surface area (Å²) < 4.78 is 0. The highest BCUT2D eigenvalue weighted by Crippen LogP contribution is 2.25. The number of hydrogen-bond acceptors (Lipinski definition) is 6. The van der Waals surface area contributed by atoms with Gasteiger partial charge in [0, 0.05) is 25.2 Å². The van der Waals surface area contributed by atoms with Crippen molar-refractivity contribution in [2.75, 3.05) is 10.6 Å². The molecule has 31 heavy (non-hydrogen) atoms. The van der Waals surface area contributed by atoms with Crippen LogP contribution in [0.15, 0.2) is 66.7 Å². The fraction of sp³-hybridized carbons (Fsp3) is 0.167. The van der Waals surface area contributed by atoms with Gasteiger partial charge in [-0.1, -0.05) is 59.7 Å². The summed E-state index contributed by atoms with van der Waals surface area (Å²) in [6.07, 6.45) is 0. The summed E-state index contributed by atoms with van der Waals surface area (Å²) in [6.45, 7) is 5.26. The third kappa shape index (κ3) is 4.95. The van der Waals surface area contributed by atoms with Crippen LogP contribution in [0.5, 0.6) is 0 Å². The number of non-ortho nitro benzene ring substituents is 1. The molecule has 0 atom stereocenters. The second kappa shape index (κ2) is 8.79. The Labute approximate surface area is 180 Å². The van der Waals surface area contributed by atoms with Gasteiger partial charge in [-0.15, -0.1) is 0 Å². The predicted molar refractivity (Wildman–Crippen MR) is 123 cm³/mol. The molecule has 0 aliphatic heterocycles. The maximum absolute atomic E-state index is 11.2. The summed E-state index contributed by atoms with van der Waals surface area (Å²) in [6, 6.07) is 21.0. The number of aromatic nitrogens is 2. The zero-order valence-electron chi connectivity index (χ0n) is 17.4. The summed E-state index contributed by atoms with van der Waals surface area (Å²) in [5.41, 5.74) is 5.68. The average Bonchev–Trinajstić information content (AvgIpc) is 2.75. The van der Waals surface area contributed by atoms with E-state index >= 15 is 0 Å². The predicted octanol–water partition coefficient (Wildman–Crippen LogP) is 5.38. The normalized spacial score (nSPS) is 10.8. The van der Waals surface area contributed by atoms with Crippen LogP contribution in [0.4, 0.5) is 17.3 Å². The molecule has 1 heterocycles. The third-order valence-corrected chi connectivity index (χ3v) is 4.94. The molecular formula is C24H23N5O2. The van der Waals surface area contributed by atoms with E-state index in [1.165, 1.54) is 23.3 Å². The summed E-state index contributed by atoms with van der Waals surface area (Å²) in [4.78, 5) is 20.1. The van der Waals surface area contributed by atoms with E-state index in [1.807, 2.05) is 31.2 Å². The van der Waals surface area contributed by atoms with Gasteiger partial charge >= 0.3 is 0 Å². The van der Waals surface area contributed by atoms with Gasteiger partial charge in [0.15, 0.2) is 11.6 Å². The molecule has 0 unspecified atom stereocenters. The van der Waals surface area contributed by atoms with Gasteiger partial charge in [-0.25, -0.2) is 9.97 Å². The Morgan fingerprint density at radius 3 is 1.84 bits per heavy atom. The zero-order chi connectivity index (χ0) is 21.8. The number of nitro groups is 1. The topological polar surface area (TPSA) is 93.0 Å². The maximum atomic E-state index is 11.2. The van der Waals surface area contributed by atoms with E-state index in [-0.39, 0.29) is 5.69 Å². The van der Waals surface area contributed by atoms with E-state index in [2.05, 4.69) is 51.8 Å². The number of rotatable bonds is 7. The van der Waals surface area contributed by atoms with Crippen molar-refractivity contribution < 1.29 is 4.92 Å². The molecule has 2 N–H and O–H groups in total. The van der Waals surface area contributed by atoms with Crippen molar-refractivity contribution in [3.8, 4) is 0 Å². The molecule has 0 spiro atoms. The summed E-state index contributed by atoms with van der Waals surface area (Å²) in [5, 5.41) is 17.9. The lowest BCUT2D eigenvalue weighted by molar-refractivity contribution is -0.384. The quantitative estimate of drug-likeness (QED) is 0.312. The van der Waals surface area contributed by atoms with Crippen LogP contribution < -0.4 is 10.6 Å². The fourth-order valence-corrected chi connectivity index (χ4v) is 3.42. The standard InChI is InChI=1S/C24H23N5O2/c1-16-5-3-7-18(11-16)14-25-23-24(26-15-19-8-4-6-17(2)12-19)28-22-13-20(29(30)31)9-10-21(22)27-23/h3-13H,14-15H2,1-2H3,(H,25,27)(H,26,28). The van der Waals surface area contributed by atoms with Crippen molar-refractivity contribution in [3.05, 3.63) is 99.1 Å². The van der Waals surface area contributed by atoms with Gasteiger partial charge in [-0.3, -0.25) is 10.1 Å². The van der Waals surface area contributed by atoms with Gasteiger partial charge in [0.05, 0.1) is 16.0 Å². The van der Waals surface area contributed by atoms with Crippen molar-refractivity contribution in [2.45, 2.75) is 26.9 Å². The Morgan fingerprint density at radius 1 is 0.774 bits per heavy atom. The number of hydrogen-bond donors (Lipinski definition) is 2. The Hall–Kier alpha value is -4.00. The molecule has 0 aliphatic carbocycles. The molecule has 7 heteroatoms. The van der Waals surface area contributed by atoms with E-state index in [1.54, 1.807) is 6.07 Å². The SMILES string of the molecule is Cc1cccc(CNc2nc3ccc([N+](=O)[O-])cc3nc2NCc2cccc(C)c2)c1. The molecule has 4 rings (SSSR count). The van der Waals surface area contributed by atoms with Crippen LogP contribution >= 0.6 is 0 Å². The van der Waals surface area contributed by atoms with Gasteiger partial charge in [0.1, 0.15) is 0 Å². The van der Waals surface area contributed by atoms with Crippen molar-refractivity contribution in [1.29, 1.82) is 0 Å². The molecule has 0 aliphatic rings. The van der Waals surface area contributed by atoms with Crippen molar-refractivity contribution in [1.82, 2.24) is 9.97 Å². The molecule has 7 nitrogen and oxygen atoms in total. The number of fused-ring (bicyclic) bond motifs is 1. The Bertz CT molecular complexity index is 1260. The maximum Gasteiger partial charge on any atom is 0.271 e. The second-order valence-electron chi connectivity index (χ2n) is 7.54. The van der Waals surface area contributed by atoms with Crippen LogP contribution in [-0.4, -0.2) is 14.9 Å². The molecule has 0 radical (unpaired) electrons. The van der Waals surface area contributed by atoms with Crippen LogP contribution in [0.25, 0.3) is 11.0 Å². The van der Waals surface area contributed by atoms with Crippen molar-refractivity contribution in [3.63, 3.8) is 0 Å². The van der Waals surface area contributed by atoms with Crippen LogP contribution in [-0.2, 0) is 13.1 Å². The van der Waals surface area contributed by atoms with Gasteiger partial charge in [-0.2, -0.15) is 0 Å². The van der Waals surface area contributed by atoms with Gasteiger partial charge in [0.25, 0.3) is 5.69 Å². The van der Waals surface area contributed by atoms with Crippen LogP contribution in [0.3, 0.4) is 0 Å². The van der Waals surface area contributed by atoms with E-state index in [4.69, 9.17) is 0 Å².